The van der Waals surface area contributed by atoms with Crippen LogP contribution in [0, 0.1) is 13.3 Å². The first kappa shape index (κ1) is 30.9. The van der Waals surface area contributed by atoms with Gasteiger partial charge in [0.2, 0.25) is 0 Å². The molecule has 0 atom stereocenters. The van der Waals surface area contributed by atoms with Gasteiger partial charge in [0.1, 0.15) is 0 Å². The molecule has 0 saturated carbocycles. The topological polar surface area (TPSA) is 52.9 Å². The van der Waals surface area contributed by atoms with Crippen molar-refractivity contribution in [2.24, 2.45) is 12.9 Å². The maximum atomic E-state index is 4.73. The third kappa shape index (κ3) is 26.4. The predicted octanol–water partition coefficient (Wildman–Crippen LogP) is 7.80. The molecule has 0 unspecified atom stereocenters. The summed E-state index contributed by atoms with van der Waals surface area (Å²) in [5, 5.41) is 9.45. The van der Waals surface area contributed by atoms with Crippen LogP contribution in [-0.2, 0) is 18.2 Å². The Morgan fingerprint density at radius 3 is 1.04 bits per heavy atom. The molecule has 0 heterocycles. The van der Waals surface area contributed by atoms with Crippen molar-refractivity contribution in [2.45, 2.75) is 125 Å². The fourth-order valence-electron chi connectivity index (χ4n) is 1.39. The van der Waals surface area contributed by atoms with E-state index in [0.29, 0.717) is 5.92 Å². The van der Waals surface area contributed by atoms with E-state index in [1.807, 2.05) is 0 Å². The first-order valence-electron chi connectivity index (χ1n) is 9.26. The van der Waals surface area contributed by atoms with Crippen molar-refractivity contribution in [3.63, 3.8) is 0 Å². The molecule has 0 aliphatic rings. The third-order valence-corrected chi connectivity index (χ3v) is 5.36. The van der Waals surface area contributed by atoms with E-state index in [-0.39, 0.29) is 35.7 Å². The molecule has 0 fully saturated rings. The summed E-state index contributed by atoms with van der Waals surface area (Å²) in [4.78, 5) is 0. The van der Waals surface area contributed by atoms with Crippen LogP contribution in [0.5, 0.6) is 0 Å². The number of hydrogen-bond acceptors (Lipinski definition) is 2. The zero-order valence-electron chi connectivity index (χ0n) is 20.4. The Balaban J connectivity index is -0.000000402. The Bertz CT molecular complexity index is 389. The van der Waals surface area contributed by atoms with Gasteiger partial charge in [-0.25, -0.2) is 6.17 Å². The van der Waals surface area contributed by atoms with Gasteiger partial charge in [0, 0.05) is 0 Å². The monoisotopic (exact) mass is 453 g/mol. The van der Waals surface area contributed by atoms with Gasteiger partial charge in [-0.2, -0.15) is 0 Å². The van der Waals surface area contributed by atoms with Gasteiger partial charge in [-0.15, -0.1) is 11.1 Å². The molecule has 0 bridgehead atoms. The molecular formula is C21H47MoN4-3. The van der Waals surface area contributed by atoms with Gasteiger partial charge >= 0.3 is 77.8 Å². The van der Waals surface area contributed by atoms with E-state index < -0.39 is 18.2 Å². The minimum absolute atomic E-state index is 0. The molecule has 0 amide bonds. The van der Waals surface area contributed by atoms with Gasteiger partial charge in [-0.05, 0) is 0 Å². The quantitative estimate of drug-likeness (QED) is 0.310. The van der Waals surface area contributed by atoms with Crippen LogP contribution in [0.15, 0.2) is 6.99 Å². The van der Waals surface area contributed by atoms with E-state index in [0.717, 1.165) is 0 Å². The van der Waals surface area contributed by atoms with Crippen molar-refractivity contribution in [2.75, 3.05) is 0 Å². The smallest absolute Gasteiger partial charge is 0.0658 e. The second-order valence-electron chi connectivity index (χ2n) is 10.9. The molecule has 0 rings (SSSR count). The molecule has 0 aromatic heterocycles. The van der Waals surface area contributed by atoms with Gasteiger partial charge in [-0.3, -0.25) is 0 Å². The van der Waals surface area contributed by atoms with E-state index in [9.17, 15) is 0 Å². The molecule has 4 nitrogen and oxygen atoms in total. The Kier molecular flexibility index (Phi) is 14.2. The van der Waals surface area contributed by atoms with Crippen molar-refractivity contribution < 1.29 is 18.2 Å². The number of hydrogen-bond donors (Lipinski definition) is 0. The summed E-state index contributed by atoms with van der Waals surface area (Å²) < 4.78 is 9.01. The molecule has 160 valence electrons. The summed E-state index contributed by atoms with van der Waals surface area (Å²) >= 11 is -0.473. The van der Waals surface area contributed by atoms with Crippen molar-refractivity contribution in [1.29, 1.82) is 0 Å². The number of rotatable bonds is 3. The standard InChI is InChI=1S/C12H26N2.2C4H9N.CH3.Mo/c1-9(2)10(13-11(3,4)5)14-12(6,7)8;2*1-4(2,3)5;;/h9-10H,1-8H3;2*1-3H3;1H3;/q-2;;;-1;. The van der Waals surface area contributed by atoms with E-state index in [1.54, 1.807) is 0 Å². The molecule has 0 aromatic carbocycles. The van der Waals surface area contributed by atoms with Crippen molar-refractivity contribution in [3.05, 3.63) is 18.1 Å². The maximum Gasteiger partial charge on any atom is -0.0658 e. The summed E-state index contributed by atoms with van der Waals surface area (Å²) in [6, 6.07) is 0. The van der Waals surface area contributed by atoms with Gasteiger partial charge < -0.3 is 18.1 Å². The van der Waals surface area contributed by atoms with Crippen molar-refractivity contribution >= 4 is 0 Å². The fraction of sp³-hybridized carbons (Fsp3) is 0.952. The van der Waals surface area contributed by atoms with Crippen LogP contribution in [0.2, 0.25) is 0 Å². The van der Waals surface area contributed by atoms with Crippen molar-refractivity contribution in [3.8, 4) is 0 Å². The normalized spacial score (nSPS) is 12.9. The van der Waals surface area contributed by atoms with Crippen LogP contribution >= 0.6 is 0 Å². The minimum Gasteiger partial charge on any atom is -0.673 e. The van der Waals surface area contributed by atoms with Crippen LogP contribution in [-0.4, -0.2) is 28.3 Å². The second-order valence-corrected chi connectivity index (χ2v) is 12.2. The molecule has 0 radical (unpaired) electrons. The Labute approximate surface area is 174 Å². The zero-order valence-corrected chi connectivity index (χ0v) is 22.4. The largest absolute Gasteiger partial charge is 0.673 e. The molecule has 0 aromatic rings. The molecule has 5 heteroatoms. The van der Waals surface area contributed by atoms with Gasteiger partial charge in [-0.1, -0.05) is 61.3 Å². The van der Waals surface area contributed by atoms with Crippen LogP contribution in [0.25, 0.3) is 10.6 Å². The summed E-state index contributed by atoms with van der Waals surface area (Å²) in [5.41, 5.74) is 0.224. The first-order valence-corrected chi connectivity index (χ1v) is 11.1. The van der Waals surface area contributed by atoms with Gasteiger partial charge in [0.05, 0.1) is 0 Å². The van der Waals surface area contributed by atoms with Crippen LogP contribution in [0.1, 0.15) is 96.9 Å². The average Bonchev–Trinajstić information content (AvgIpc) is 2.20. The molecule has 0 spiro atoms. The minimum atomic E-state index is -0.473. The third-order valence-electron chi connectivity index (χ3n) is 2.26. The summed E-state index contributed by atoms with van der Waals surface area (Å²) in [6.07, 6.45) is 0.120. The summed E-state index contributed by atoms with van der Waals surface area (Å²) in [6.45, 7) is 29.8. The second kappa shape index (κ2) is 11.9. The van der Waals surface area contributed by atoms with Gasteiger partial charge in [0.15, 0.2) is 0 Å². The van der Waals surface area contributed by atoms with E-state index in [2.05, 4.69) is 104 Å². The average molecular weight is 452 g/mol. The van der Waals surface area contributed by atoms with Gasteiger partial charge in [0.25, 0.3) is 0 Å². The van der Waals surface area contributed by atoms with E-state index in [1.165, 1.54) is 0 Å². The zero-order chi connectivity index (χ0) is 20.7. The Morgan fingerprint density at radius 1 is 0.615 bits per heavy atom. The summed E-state index contributed by atoms with van der Waals surface area (Å²) in [7, 11) is 0. The SMILES string of the molecule is CC(C)(C)[N]=[Mo]=[N]C(C)(C)C.CC(C)C([N-]C(C)(C)C)[N-]C(C)(C)C.[CH3-]. The maximum absolute atomic E-state index is 4.73. The molecular weight excluding hydrogens is 404 g/mol. The fourth-order valence-corrected chi connectivity index (χ4v) is 2.69. The van der Waals surface area contributed by atoms with E-state index >= 15 is 0 Å². The Hall–Kier alpha value is 0.208. The van der Waals surface area contributed by atoms with Crippen molar-refractivity contribution in [1.82, 2.24) is 0 Å². The summed E-state index contributed by atoms with van der Waals surface area (Å²) in [5.74, 6) is 0.480. The number of nitrogens with zero attached hydrogens (tertiary/aromatic N) is 4. The molecule has 26 heavy (non-hydrogen) atoms. The first-order chi connectivity index (χ1) is 10.7. The molecule has 0 saturated heterocycles. The van der Waals surface area contributed by atoms with Crippen LogP contribution in [0.3, 0.4) is 0 Å². The molecule has 0 aliphatic heterocycles. The van der Waals surface area contributed by atoms with Crippen LogP contribution in [0.4, 0.5) is 0 Å². The molecule has 0 N–H and O–H groups in total. The molecule has 0 aliphatic carbocycles. The van der Waals surface area contributed by atoms with Crippen LogP contribution < -0.4 is 0 Å². The predicted molar refractivity (Wildman–Crippen MR) is 116 cm³/mol. The van der Waals surface area contributed by atoms with E-state index in [4.69, 9.17) is 10.6 Å². The Morgan fingerprint density at radius 2 is 0.885 bits per heavy atom.